The number of carboxylic acid groups (broad SMARTS) is 1. The predicted molar refractivity (Wildman–Crippen MR) is 73.8 cm³/mol. The minimum Gasteiger partial charge on any atom is -0.507 e. The molecule has 1 fully saturated rings. The molecule has 1 aromatic carbocycles. The second-order valence-electron chi connectivity index (χ2n) is 5.08. The van der Waals surface area contributed by atoms with Crippen molar-refractivity contribution in [3.63, 3.8) is 0 Å². The maximum Gasteiger partial charge on any atom is 0.339 e. The molecule has 0 radical (unpaired) electrons. The third-order valence-corrected chi connectivity index (χ3v) is 5.61. The van der Waals surface area contributed by atoms with Crippen molar-refractivity contribution in [1.82, 2.24) is 4.31 Å². The van der Waals surface area contributed by atoms with Crippen molar-refractivity contribution in [2.24, 2.45) is 0 Å². The van der Waals surface area contributed by atoms with Crippen LogP contribution >= 0.6 is 0 Å². The Kier molecular flexibility index (Phi) is 4.22. The highest BCUT2D eigenvalue weighted by molar-refractivity contribution is 7.89. The molecule has 0 amide bonds. The quantitative estimate of drug-likeness (QED) is 0.750. The number of aliphatic hydroxyl groups is 1. The molecule has 0 unspecified atom stereocenters. The van der Waals surface area contributed by atoms with Crippen molar-refractivity contribution in [2.75, 3.05) is 13.1 Å². The normalized spacial score (nSPS) is 17.8. The summed E-state index contributed by atoms with van der Waals surface area (Å²) in [6, 6.07) is 2.11. The number of aromatic carboxylic acids is 1. The van der Waals surface area contributed by atoms with Crippen LogP contribution in [0, 0.1) is 6.92 Å². The van der Waals surface area contributed by atoms with Gasteiger partial charge in [-0.1, -0.05) is 0 Å². The fourth-order valence-electron chi connectivity index (χ4n) is 2.34. The summed E-state index contributed by atoms with van der Waals surface area (Å²) in [6.07, 6.45) is 0.191. The van der Waals surface area contributed by atoms with Crippen LogP contribution in [0.2, 0.25) is 0 Å². The summed E-state index contributed by atoms with van der Waals surface area (Å²) < 4.78 is 26.4. The number of hydrogen-bond acceptors (Lipinski definition) is 5. The van der Waals surface area contributed by atoms with Crippen LogP contribution in [0.4, 0.5) is 0 Å². The van der Waals surface area contributed by atoms with Crippen molar-refractivity contribution in [3.05, 3.63) is 23.3 Å². The zero-order valence-corrected chi connectivity index (χ0v) is 12.3. The van der Waals surface area contributed by atoms with Crippen LogP contribution in [-0.2, 0) is 10.0 Å². The van der Waals surface area contributed by atoms with Gasteiger partial charge in [0.1, 0.15) is 11.3 Å². The lowest BCUT2D eigenvalue weighted by molar-refractivity contribution is 0.0693. The third kappa shape index (κ3) is 3.02. The van der Waals surface area contributed by atoms with E-state index in [9.17, 15) is 23.4 Å². The molecule has 21 heavy (non-hydrogen) atoms. The Bertz CT molecular complexity index is 661. The van der Waals surface area contributed by atoms with E-state index in [1.807, 2.05) is 0 Å². The maximum absolute atomic E-state index is 12.6. The van der Waals surface area contributed by atoms with Gasteiger partial charge in [0.2, 0.25) is 10.0 Å². The molecule has 7 nitrogen and oxygen atoms in total. The van der Waals surface area contributed by atoms with Gasteiger partial charge >= 0.3 is 5.97 Å². The van der Waals surface area contributed by atoms with Gasteiger partial charge in [-0.25, -0.2) is 13.2 Å². The lowest BCUT2D eigenvalue weighted by Gasteiger charge is -2.29. The topological polar surface area (TPSA) is 115 Å². The Morgan fingerprint density at radius 2 is 1.86 bits per heavy atom. The fraction of sp³-hybridized carbons (Fsp3) is 0.462. The second kappa shape index (κ2) is 5.63. The Morgan fingerprint density at radius 3 is 2.38 bits per heavy atom. The van der Waals surface area contributed by atoms with Crippen LogP contribution in [0.3, 0.4) is 0 Å². The standard InChI is InChI=1S/C13H17NO6S/c1-8-6-11(16)10(13(17)18)7-12(8)21(19,20)14-4-2-9(15)3-5-14/h6-7,9,15-16H,2-5H2,1H3,(H,17,18). The van der Waals surface area contributed by atoms with E-state index in [1.54, 1.807) is 0 Å². The number of nitrogens with zero attached hydrogens (tertiary/aromatic N) is 1. The maximum atomic E-state index is 12.6. The van der Waals surface area contributed by atoms with Crippen LogP contribution in [0.15, 0.2) is 17.0 Å². The van der Waals surface area contributed by atoms with Gasteiger partial charge < -0.3 is 15.3 Å². The summed E-state index contributed by atoms with van der Waals surface area (Å²) in [6.45, 7) is 1.87. The number of aromatic hydroxyl groups is 1. The first-order valence-electron chi connectivity index (χ1n) is 6.48. The molecule has 0 spiro atoms. The van der Waals surface area contributed by atoms with Crippen molar-refractivity contribution >= 4 is 16.0 Å². The van der Waals surface area contributed by atoms with E-state index in [2.05, 4.69) is 0 Å². The highest BCUT2D eigenvalue weighted by atomic mass is 32.2. The number of aryl methyl sites for hydroxylation is 1. The molecule has 3 N–H and O–H groups in total. The number of benzene rings is 1. The number of aliphatic hydroxyl groups excluding tert-OH is 1. The highest BCUT2D eigenvalue weighted by Crippen LogP contribution is 2.29. The van der Waals surface area contributed by atoms with Crippen molar-refractivity contribution in [3.8, 4) is 5.75 Å². The summed E-state index contributed by atoms with van der Waals surface area (Å²) >= 11 is 0. The molecule has 1 saturated heterocycles. The summed E-state index contributed by atoms with van der Waals surface area (Å²) in [5, 5.41) is 28.0. The summed E-state index contributed by atoms with van der Waals surface area (Å²) in [4.78, 5) is 10.9. The zero-order chi connectivity index (χ0) is 15.8. The van der Waals surface area contributed by atoms with Crippen molar-refractivity contribution in [1.29, 1.82) is 0 Å². The molecule has 0 aliphatic carbocycles. The number of phenols is 1. The molecule has 0 aromatic heterocycles. The Labute approximate surface area is 122 Å². The van der Waals surface area contributed by atoms with Gasteiger partial charge in [-0.05, 0) is 37.5 Å². The number of sulfonamides is 1. The minimum absolute atomic E-state index is 0.130. The van der Waals surface area contributed by atoms with E-state index in [4.69, 9.17) is 5.11 Å². The number of piperidine rings is 1. The molecular weight excluding hydrogens is 298 g/mol. The van der Waals surface area contributed by atoms with Crippen LogP contribution < -0.4 is 0 Å². The van der Waals surface area contributed by atoms with Crippen molar-refractivity contribution in [2.45, 2.75) is 30.8 Å². The van der Waals surface area contributed by atoms with E-state index in [0.717, 1.165) is 12.1 Å². The van der Waals surface area contributed by atoms with Gasteiger partial charge in [-0.15, -0.1) is 0 Å². The molecule has 8 heteroatoms. The van der Waals surface area contributed by atoms with Crippen LogP contribution in [-0.4, -0.2) is 53.2 Å². The summed E-state index contributed by atoms with van der Waals surface area (Å²) in [7, 11) is -3.84. The number of hydrogen-bond donors (Lipinski definition) is 3. The third-order valence-electron chi connectivity index (χ3n) is 3.56. The zero-order valence-electron chi connectivity index (χ0n) is 11.5. The number of carboxylic acids is 1. The smallest absolute Gasteiger partial charge is 0.339 e. The van der Waals surface area contributed by atoms with Crippen LogP contribution in [0.5, 0.6) is 5.75 Å². The summed E-state index contributed by atoms with van der Waals surface area (Å²) in [5.74, 6) is -1.86. The molecule has 1 aliphatic rings. The minimum atomic E-state index is -3.84. The van der Waals surface area contributed by atoms with Gasteiger partial charge in [0.15, 0.2) is 0 Å². The van der Waals surface area contributed by atoms with E-state index in [0.29, 0.717) is 12.8 Å². The lowest BCUT2D eigenvalue weighted by Crippen LogP contribution is -2.40. The van der Waals surface area contributed by atoms with E-state index in [1.165, 1.54) is 11.2 Å². The van der Waals surface area contributed by atoms with Crippen LogP contribution in [0.25, 0.3) is 0 Å². The number of carbonyl (C=O) groups is 1. The molecular formula is C13H17NO6S. The molecule has 1 heterocycles. The average molecular weight is 315 g/mol. The Morgan fingerprint density at radius 1 is 1.29 bits per heavy atom. The number of rotatable bonds is 3. The second-order valence-corrected chi connectivity index (χ2v) is 6.98. The molecule has 0 atom stereocenters. The van der Waals surface area contributed by atoms with E-state index in [-0.39, 0.29) is 23.5 Å². The van der Waals surface area contributed by atoms with Gasteiger partial charge in [-0.2, -0.15) is 4.31 Å². The monoisotopic (exact) mass is 315 g/mol. The molecule has 1 aliphatic heterocycles. The van der Waals surface area contributed by atoms with Gasteiger partial charge in [-0.3, -0.25) is 0 Å². The van der Waals surface area contributed by atoms with Gasteiger partial charge in [0.05, 0.1) is 11.0 Å². The summed E-state index contributed by atoms with van der Waals surface area (Å²) in [5.41, 5.74) is -0.167. The Hall–Kier alpha value is -1.64. The van der Waals surface area contributed by atoms with Gasteiger partial charge in [0, 0.05) is 13.1 Å². The Balaban J connectivity index is 2.45. The molecule has 2 rings (SSSR count). The van der Waals surface area contributed by atoms with E-state index < -0.39 is 33.4 Å². The molecule has 0 bridgehead atoms. The molecule has 1 aromatic rings. The predicted octanol–water partition coefficient (Wildman–Crippen LogP) is 0.544. The fourth-order valence-corrected chi connectivity index (χ4v) is 4.05. The molecule has 0 saturated carbocycles. The largest absolute Gasteiger partial charge is 0.507 e. The molecule has 116 valence electrons. The van der Waals surface area contributed by atoms with Gasteiger partial charge in [0.25, 0.3) is 0 Å². The lowest BCUT2D eigenvalue weighted by atomic mass is 10.1. The first-order chi connectivity index (χ1) is 9.73. The SMILES string of the molecule is Cc1cc(O)c(C(=O)O)cc1S(=O)(=O)N1CCC(O)CC1. The average Bonchev–Trinajstić information content (AvgIpc) is 2.38. The first kappa shape index (κ1) is 15.7. The van der Waals surface area contributed by atoms with Crippen molar-refractivity contribution < 1.29 is 28.5 Å². The van der Waals surface area contributed by atoms with E-state index >= 15 is 0 Å². The highest BCUT2D eigenvalue weighted by Gasteiger charge is 2.31. The van der Waals surface area contributed by atoms with Crippen LogP contribution in [0.1, 0.15) is 28.8 Å². The first-order valence-corrected chi connectivity index (χ1v) is 7.92.